The summed E-state index contributed by atoms with van der Waals surface area (Å²) in [5.74, 6) is -0.393. The highest BCUT2D eigenvalue weighted by Crippen LogP contribution is 2.19. The molecule has 1 atom stereocenters. The van der Waals surface area contributed by atoms with Crippen molar-refractivity contribution in [2.24, 2.45) is 0 Å². The van der Waals surface area contributed by atoms with E-state index in [1.54, 1.807) is 0 Å². The second-order valence-corrected chi connectivity index (χ2v) is 7.11. The van der Waals surface area contributed by atoms with Crippen LogP contribution in [0, 0.1) is 20.8 Å². The number of carbonyl (C=O) groups is 2. The Morgan fingerprint density at radius 2 is 1.59 bits per heavy atom. The van der Waals surface area contributed by atoms with Crippen LogP contribution in [0.15, 0.2) is 42.5 Å². The largest absolute Gasteiger partial charge is 0.346 e. The van der Waals surface area contributed by atoms with E-state index < -0.39 is 0 Å². The maximum absolute atomic E-state index is 12.4. The molecular weight excluding hydrogens is 338 g/mol. The van der Waals surface area contributed by atoms with Crippen molar-refractivity contribution < 1.29 is 9.59 Å². The number of rotatable bonds is 7. The van der Waals surface area contributed by atoms with Crippen LogP contribution in [-0.2, 0) is 16.1 Å². The van der Waals surface area contributed by atoms with Crippen molar-refractivity contribution in [1.82, 2.24) is 10.2 Å². The molecule has 144 valence electrons. The van der Waals surface area contributed by atoms with Crippen LogP contribution in [0.1, 0.15) is 29.2 Å². The summed E-state index contributed by atoms with van der Waals surface area (Å²) in [6.45, 7) is 8.41. The fourth-order valence-electron chi connectivity index (χ4n) is 2.83. The lowest BCUT2D eigenvalue weighted by atomic mass is 10.1. The number of hydrogen-bond donors (Lipinski definition) is 2. The molecule has 2 N–H and O–H groups in total. The fourth-order valence-corrected chi connectivity index (χ4v) is 2.83. The molecule has 0 aliphatic rings. The quantitative estimate of drug-likeness (QED) is 0.790. The maximum Gasteiger partial charge on any atom is 0.243 e. The Labute approximate surface area is 161 Å². The molecule has 0 aliphatic heterocycles. The van der Waals surface area contributed by atoms with Gasteiger partial charge >= 0.3 is 0 Å². The Hall–Kier alpha value is -2.66. The molecule has 0 fully saturated rings. The van der Waals surface area contributed by atoms with E-state index in [9.17, 15) is 9.59 Å². The molecule has 27 heavy (non-hydrogen) atoms. The van der Waals surface area contributed by atoms with Gasteiger partial charge in [0.2, 0.25) is 11.8 Å². The van der Waals surface area contributed by atoms with Crippen LogP contribution in [-0.4, -0.2) is 36.3 Å². The molecule has 0 aromatic heterocycles. The van der Waals surface area contributed by atoms with Gasteiger partial charge in [0.1, 0.15) is 0 Å². The van der Waals surface area contributed by atoms with Gasteiger partial charge in [0.05, 0.1) is 12.6 Å². The smallest absolute Gasteiger partial charge is 0.243 e. The first-order valence-corrected chi connectivity index (χ1v) is 9.17. The molecular formula is C22H29N3O2. The van der Waals surface area contributed by atoms with E-state index in [2.05, 4.69) is 34.9 Å². The van der Waals surface area contributed by atoms with E-state index >= 15 is 0 Å². The van der Waals surface area contributed by atoms with Gasteiger partial charge in [-0.2, -0.15) is 0 Å². The monoisotopic (exact) mass is 367 g/mol. The lowest BCUT2D eigenvalue weighted by molar-refractivity contribution is -0.127. The van der Waals surface area contributed by atoms with Crippen molar-refractivity contribution in [1.29, 1.82) is 0 Å². The molecule has 0 saturated heterocycles. The van der Waals surface area contributed by atoms with Crippen LogP contribution >= 0.6 is 0 Å². The van der Waals surface area contributed by atoms with Crippen molar-refractivity contribution in [2.45, 2.75) is 40.3 Å². The lowest BCUT2D eigenvalue weighted by Crippen LogP contribution is -2.45. The van der Waals surface area contributed by atoms with Crippen LogP contribution < -0.4 is 10.6 Å². The van der Waals surface area contributed by atoms with E-state index in [0.29, 0.717) is 6.54 Å². The minimum absolute atomic E-state index is 0.0463. The van der Waals surface area contributed by atoms with Gasteiger partial charge in [-0.05, 0) is 51.4 Å². The number of nitrogens with one attached hydrogen (secondary N) is 2. The molecule has 0 bridgehead atoms. The molecule has 5 heteroatoms. The summed E-state index contributed by atoms with van der Waals surface area (Å²) in [5.41, 5.74) is 5.17. The number of benzene rings is 2. The predicted octanol–water partition coefficient (Wildman–Crippen LogP) is 3.19. The first-order valence-electron chi connectivity index (χ1n) is 9.17. The maximum atomic E-state index is 12.4. The van der Waals surface area contributed by atoms with Crippen molar-refractivity contribution >= 4 is 17.5 Å². The Morgan fingerprint density at radius 3 is 2.19 bits per heavy atom. The van der Waals surface area contributed by atoms with E-state index in [0.717, 1.165) is 22.4 Å². The zero-order valence-electron chi connectivity index (χ0n) is 16.8. The summed E-state index contributed by atoms with van der Waals surface area (Å²) < 4.78 is 0. The Kier molecular flexibility index (Phi) is 7.13. The normalized spacial score (nSPS) is 11.9. The van der Waals surface area contributed by atoms with Gasteiger partial charge in [0.15, 0.2) is 0 Å². The first kappa shape index (κ1) is 20.6. The molecule has 5 nitrogen and oxygen atoms in total. The van der Waals surface area contributed by atoms with E-state index in [1.165, 1.54) is 5.56 Å². The number of likely N-dealkylation sites (N-methyl/N-ethyl adjacent to an activating group) is 1. The average molecular weight is 367 g/mol. The fraction of sp³-hybridized carbons (Fsp3) is 0.364. The third-order valence-corrected chi connectivity index (χ3v) is 4.76. The number of para-hydroxylation sites is 1. The summed E-state index contributed by atoms with van der Waals surface area (Å²) in [5, 5.41) is 5.60. The van der Waals surface area contributed by atoms with Crippen LogP contribution in [0.4, 0.5) is 5.69 Å². The summed E-state index contributed by atoms with van der Waals surface area (Å²) in [6.07, 6.45) is 0. The number of aryl methyl sites for hydroxylation is 3. The second-order valence-electron chi connectivity index (χ2n) is 7.11. The van der Waals surface area contributed by atoms with Crippen molar-refractivity contribution in [3.05, 3.63) is 64.7 Å². The SMILES string of the molecule is Cc1ccc(CN(C)C(C)C(=O)NCC(=O)Nc2c(C)cccc2C)cc1. The van der Waals surface area contributed by atoms with Crippen LogP contribution in [0.5, 0.6) is 0 Å². The highest BCUT2D eigenvalue weighted by Gasteiger charge is 2.19. The Balaban J connectivity index is 1.84. The Morgan fingerprint density at radius 1 is 1.00 bits per heavy atom. The number of nitrogens with zero attached hydrogens (tertiary/aromatic N) is 1. The third-order valence-electron chi connectivity index (χ3n) is 4.76. The second kappa shape index (κ2) is 9.33. The standard InChI is InChI=1S/C22H29N3O2/c1-15-9-11-19(12-10-15)14-25(5)18(4)22(27)23-13-20(26)24-21-16(2)7-6-8-17(21)3/h6-12,18H,13-14H2,1-5H3,(H,23,27)(H,24,26). The van der Waals surface area contributed by atoms with E-state index in [1.807, 2.05) is 57.8 Å². The zero-order chi connectivity index (χ0) is 20.0. The van der Waals surface area contributed by atoms with Gasteiger partial charge in [0, 0.05) is 12.2 Å². The first-order chi connectivity index (χ1) is 12.8. The number of carbonyl (C=O) groups excluding carboxylic acids is 2. The van der Waals surface area contributed by atoms with E-state index in [4.69, 9.17) is 0 Å². The van der Waals surface area contributed by atoms with Crippen LogP contribution in [0.25, 0.3) is 0 Å². The highest BCUT2D eigenvalue weighted by atomic mass is 16.2. The van der Waals surface area contributed by atoms with Gasteiger partial charge in [-0.25, -0.2) is 0 Å². The molecule has 2 rings (SSSR count). The lowest BCUT2D eigenvalue weighted by Gasteiger charge is -2.24. The molecule has 0 heterocycles. The summed E-state index contributed by atoms with van der Waals surface area (Å²) in [7, 11) is 1.90. The van der Waals surface area contributed by atoms with Gasteiger partial charge in [-0.1, -0.05) is 48.0 Å². The van der Waals surface area contributed by atoms with E-state index in [-0.39, 0.29) is 24.4 Å². The third kappa shape index (κ3) is 5.93. The van der Waals surface area contributed by atoms with Crippen LogP contribution in [0.2, 0.25) is 0 Å². The summed E-state index contributed by atoms with van der Waals surface area (Å²) in [6, 6.07) is 13.8. The van der Waals surface area contributed by atoms with Gasteiger partial charge < -0.3 is 10.6 Å². The Bertz CT molecular complexity index is 779. The number of amides is 2. The number of hydrogen-bond acceptors (Lipinski definition) is 3. The molecule has 2 amide bonds. The highest BCUT2D eigenvalue weighted by molar-refractivity contribution is 5.96. The molecule has 1 unspecified atom stereocenters. The minimum Gasteiger partial charge on any atom is -0.346 e. The van der Waals surface area contributed by atoms with Gasteiger partial charge in [-0.15, -0.1) is 0 Å². The topological polar surface area (TPSA) is 61.4 Å². The molecule has 2 aromatic rings. The summed E-state index contributed by atoms with van der Waals surface area (Å²) >= 11 is 0. The molecule has 0 spiro atoms. The molecule has 0 saturated carbocycles. The number of anilines is 1. The molecule has 2 aromatic carbocycles. The van der Waals surface area contributed by atoms with Crippen molar-refractivity contribution in [3.8, 4) is 0 Å². The van der Waals surface area contributed by atoms with Crippen molar-refractivity contribution in [3.63, 3.8) is 0 Å². The van der Waals surface area contributed by atoms with Crippen molar-refractivity contribution in [2.75, 3.05) is 18.9 Å². The van der Waals surface area contributed by atoms with Crippen LogP contribution in [0.3, 0.4) is 0 Å². The minimum atomic E-state index is -0.334. The summed E-state index contributed by atoms with van der Waals surface area (Å²) in [4.78, 5) is 26.5. The van der Waals surface area contributed by atoms with Gasteiger partial charge in [0.25, 0.3) is 0 Å². The predicted molar refractivity (Wildman–Crippen MR) is 110 cm³/mol. The molecule has 0 aliphatic carbocycles. The molecule has 0 radical (unpaired) electrons. The average Bonchev–Trinajstić information content (AvgIpc) is 2.64. The zero-order valence-corrected chi connectivity index (χ0v) is 16.8. The van der Waals surface area contributed by atoms with Gasteiger partial charge in [-0.3, -0.25) is 14.5 Å².